The number of pyridine rings is 2. The first kappa shape index (κ1) is 14.9. The van der Waals surface area contributed by atoms with Gasteiger partial charge in [-0.25, -0.2) is 14.4 Å². The van der Waals surface area contributed by atoms with Crippen LogP contribution in [0.4, 0.5) is 10.2 Å². The van der Waals surface area contributed by atoms with Gasteiger partial charge in [-0.15, -0.1) is 0 Å². The first-order valence-corrected chi connectivity index (χ1v) is 7.53. The minimum absolute atomic E-state index is 0.252. The summed E-state index contributed by atoms with van der Waals surface area (Å²) in [6.07, 6.45) is 1.64. The largest absolute Gasteiger partial charge is 0.305 e. The highest BCUT2D eigenvalue weighted by Gasteiger charge is 2.12. The van der Waals surface area contributed by atoms with Gasteiger partial charge in [-0.2, -0.15) is 5.10 Å². The minimum Gasteiger partial charge on any atom is -0.305 e. The third kappa shape index (κ3) is 3.07. The van der Waals surface area contributed by atoms with Gasteiger partial charge in [0.1, 0.15) is 17.3 Å². The summed E-state index contributed by atoms with van der Waals surface area (Å²) >= 11 is 0. The molecule has 0 aliphatic carbocycles. The molecule has 2 N–H and O–H groups in total. The number of aromatic amines is 1. The number of hydrogen-bond donors (Lipinski definition) is 2. The second-order valence-electron chi connectivity index (χ2n) is 5.38. The molecule has 1 aromatic carbocycles. The Balaban J connectivity index is 1.56. The van der Waals surface area contributed by atoms with Gasteiger partial charge in [-0.3, -0.25) is 9.89 Å². The summed E-state index contributed by atoms with van der Waals surface area (Å²) in [6, 6.07) is 14.8. The number of benzene rings is 1. The Morgan fingerprint density at radius 2 is 2.00 bits per heavy atom. The van der Waals surface area contributed by atoms with E-state index in [1.54, 1.807) is 30.5 Å². The van der Waals surface area contributed by atoms with Crippen LogP contribution in [0.3, 0.4) is 0 Å². The van der Waals surface area contributed by atoms with E-state index < -0.39 is 5.91 Å². The monoisotopic (exact) mass is 333 g/mol. The molecule has 3 aromatic heterocycles. The second kappa shape index (κ2) is 6.12. The number of H-pyrrole nitrogens is 1. The molecule has 0 saturated carbocycles. The first-order valence-electron chi connectivity index (χ1n) is 7.53. The van der Waals surface area contributed by atoms with Crippen molar-refractivity contribution in [3.63, 3.8) is 0 Å². The van der Waals surface area contributed by atoms with Crippen LogP contribution in [0, 0.1) is 5.82 Å². The number of halogens is 1. The topological polar surface area (TPSA) is 83.6 Å². The van der Waals surface area contributed by atoms with E-state index in [9.17, 15) is 9.18 Å². The van der Waals surface area contributed by atoms with Crippen LogP contribution in [0.2, 0.25) is 0 Å². The summed E-state index contributed by atoms with van der Waals surface area (Å²) in [6.45, 7) is 0. The Morgan fingerprint density at radius 3 is 2.88 bits per heavy atom. The van der Waals surface area contributed by atoms with Gasteiger partial charge in [0, 0.05) is 17.1 Å². The van der Waals surface area contributed by atoms with Gasteiger partial charge in [0.15, 0.2) is 5.65 Å². The Hall–Kier alpha value is -3.61. The van der Waals surface area contributed by atoms with E-state index in [-0.39, 0.29) is 11.5 Å². The average Bonchev–Trinajstić information content (AvgIpc) is 3.12. The normalized spacial score (nSPS) is 10.8. The van der Waals surface area contributed by atoms with Crippen LogP contribution >= 0.6 is 0 Å². The highest BCUT2D eigenvalue weighted by atomic mass is 19.1. The van der Waals surface area contributed by atoms with E-state index >= 15 is 0 Å². The van der Waals surface area contributed by atoms with E-state index in [0.717, 1.165) is 5.39 Å². The zero-order valence-corrected chi connectivity index (χ0v) is 12.9. The van der Waals surface area contributed by atoms with Crippen molar-refractivity contribution in [1.82, 2.24) is 20.2 Å². The second-order valence-corrected chi connectivity index (χ2v) is 5.38. The molecule has 4 rings (SSSR count). The molecular weight excluding hydrogens is 321 g/mol. The number of aromatic nitrogens is 4. The molecule has 0 fully saturated rings. The van der Waals surface area contributed by atoms with Crippen molar-refractivity contribution in [2.45, 2.75) is 0 Å². The molecule has 0 bridgehead atoms. The molecule has 0 saturated heterocycles. The van der Waals surface area contributed by atoms with Crippen LogP contribution in [0.1, 0.15) is 10.5 Å². The van der Waals surface area contributed by atoms with Gasteiger partial charge in [-0.05, 0) is 42.5 Å². The SMILES string of the molecule is O=C(Nc1ccc2cccnc2n1)c1cc(-c2cccc(F)c2)n[nH]1. The van der Waals surface area contributed by atoms with E-state index in [1.165, 1.54) is 12.1 Å². The molecule has 1 amide bonds. The number of amides is 1. The summed E-state index contributed by atoms with van der Waals surface area (Å²) in [7, 11) is 0. The molecule has 0 atom stereocenters. The number of hydrogen-bond acceptors (Lipinski definition) is 4. The first-order chi connectivity index (χ1) is 12.2. The summed E-state index contributed by atoms with van der Waals surface area (Å²) in [5, 5.41) is 10.3. The van der Waals surface area contributed by atoms with Crippen molar-refractivity contribution in [2.75, 3.05) is 5.32 Å². The number of anilines is 1. The molecule has 6 nitrogen and oxygen atoms in total. The van der Waals surface area contributed by atoms with Crippen molar-refractivity contribution in [2.24, 2.45) is 0 Å². The maximum absolute atomic E-state index is 13.3. The standard InChI is InChI=1S/C18H12FN5O/c19-13-5-1-3-12(9-13)14-10-15(24-23-14)18(25)22-16-7-6-11-4-2-8-20-17(11)21-16/h1-10H,(H,23,24)(H,20,21,22,25). The molecule has 25 heavy (non-hydrogen) atoms. The van der Waals surface area contributed by atoms with Gasteiger partial charge < -0.3 is 5.32 Å². The Labute approximate surface area is 141 Å². The molecule has 4 aromatic rings. The van der Waals surface area contributed by atoms with E-state index in [1.807, 2.05) is 18.2 Å². The van der Waals surface area contributed by atoms with Gasteiger partial charge in [0.25, 0.3) is 5.91 Å². The van der Waals surface area contributed by atoms with Crippen LogP contribution in [-0.4, -0.2) is 26.1 Å². The van der Waals surface area contributed by atoms with Crippen molar-refractivity contribution >= 4 is 22.8 Å². The van der Waals surface area contributed by atoms with Gasteiger partial charge >= 0.3 is 0 Å². The minimum atomic E-state index is -0.391. The quantitative estimate of drug-likeness (QED) is 0.602. The van der Waals surface area contributed by atoms with E-state index in [0.29, 0.717) is 22.7 Å². The number of carbonyl (C=O) groups is 1. The number of rotatable bonds is 3. The third-order valence-corrected chi connectivity index (χ3v) is 3.65. The summed E-state index contributed by atoms with van der Waals surface area (Å²) in [4.78, 5) is 20.8. The van der Waals surface area contributed by atoms with Gasteiger partial charge in [-0.1, -0.05) is 12.1 Å². The Bertz CT molecular complexity index is 1080. The lowest BCUT2D eigenvalue weighted by Crippen LogP contribution is -2.13. The van der Waals surface area contributed by atoms with Crippen LogP contribution in [0.15, 0.2) is 60.8 Å². The maximum atomic E-state index is 13.3. The predicted molar refractivity (Wildman–Crippen MR) is 91.5 cm³/mol. The molecule has 0 radical (unpaired) electrons. The number of nitrogens with zero attached hydrogens (tertiary/aromatic N) is 3. The predicted octanol–water partition coefficient (Wildman–Crippen LogP) is 3.41. The number of fused-ring (bicyclic) bond motifs is 1. The molecule has 0 aliphatic heterocycles. The highest BCUT2D eigenvalue weighted by molar-refractivity contribution is 6.03. The zero-order valence-electron chi connectivity index (χ0n) is 12.9. The van der Waals surface area contributed by atoms with Gasteiger partial charge in [0.05, 0.1) is 5.69 Å². The van der Waals surface area contributed by atoms with Crippen LogP contribution in [-0.2, 0) is 0 Å². The lowest BCUT2D eigenvalue weighted by atomic mass is 10.1. The average molecular weight is 333 g/mol. The van der Waals surface area contributed by atoms with E-state index in [4.69, 9.17) is 0 Å². The Kier molecular flexibility index (Phi) is 3.66. The van der Waals surface area contributed by atoms with Crippen molar-refractivity contribution in [1.29, 1.82) is 0 Å². The van der Waals surface area contributed by atoms with Crippen molar-refractivity contribution in [3.8, 4) is 11.3 Å². The smallest absolute Gasteiger partial charge is 0.274 e. The molecule has 122 valence electrons. The molecule has 7 heteroatoms. The number of nitrogens with one attached hydrogen (secondary N) is 2. The lowest BCUT2D eigenvalue weighted by molar-refractivity contribution is 0.102. The van der Waals surface area contributed by atoms with Gasteiger partial charge in [0.2, 0.25) is 0 Å². The fraction of sp³-hybridized carbons (Fsp3) is 0. The molecule has 0 aliphatic rings. The van der Waals surface area contributed by atoms with Crippen LogP contribution in [0.25, 0.3) is 22.3 Å². The fourth-order valence-electron chi connectivity index (χ4n) is 2.44. The Morgan fingerprint density at radius 1 is 1.08 bits per heavy atom. The molecular formula is C18H12FN5O. The van der Waals surface area contributed by atoms with E-state index in [2.05, 4.69) is 25.5 Å². The number of carbonyl (C=O) groups excluding carboxylic acids is 1. The maximum Gasteiger partial charge on any atom is 0.274 e. The lowest BCUT2D eigenvalue weighted by Gasteiger charge is -2.03. The van der Waals surface area contributed by atoms with Crippen LogP contribution < -0.4 is 5.32 Å². The summed E-state index contributed by atoms with van der Waals surface area (Å²) < 4.78 is 13.3. The molecule has 3 heterocycles. The van der Waals surface area contributed by atoms with Crippen molar-refractivity contribution < 1.29 is 9.18 Å². The summed E-state index contributed by atoms with van der Waals surface area (Å²) in [5.74, 6) is -0.365. The highest BCUT2D eigenvalue weighted by Crippen LogP contribution is 2.19. The third-order valence-electron chi connectivity index (χ3n) is 3.65. The summed E-state index contributed by atoms with van der Waals surface area (Å²) in [5.41, 5.74) is 1.87. The fourth-order valence-corrected chi connectivity index (χ4v) is 2.44. The van der Waals surface area contributed by atoms with Crippen LogP contribution in [0.5, 0.6) is 0 Å². The molecule has 0 unspecified atom stereocenters. The van der Waals surface area contributed by atoms with Crippen molar-refractivity contribution in [3.05, 3.63) is 72.3 Å². The zero-order chi connectivity index (χ0) is 17.2. The molecule has 0 spiro atoms.